The Morgan fingerprint density at radius 1 is 1.10 bits per heavy atom. The van der Waals surface area contributed by atoms with Crippen molar-refractivity contribution in [1.29, 1.82) is 0 Å². The number of methoxy groups -OCH3 is 1. The summed E-state index contributed by atoms with van der Waals surface area (Å²) < 4.78 is 6.24. The van der Waals surface area contributed by atoms with Crippen molar-refractivity contribution in [3.05, 3.63) is 82.1 Å². The predicted octanol–water partition coefficient (Wildman–Crippen LogP) is 3.04. The zero-order chi connectivity index (χ0) is 21.7. The third-order valence-electron chi connectivity index (χ3n) is 4.30. The van der Waals surface area contributed by atoms with E-state index in [1.165, 1.54) is 24.1 Å². The van der Waals surface area contributed by atoms with Crippen molar-refractivity contribution in [3.8, 4) is 0 Å². The Hall–Kier alpha value is -3.65. The lowest BCUT2D eigenvalue weighted by Crippen LogP contribution is -2.25. The van der Waals surface area contributed by atoms with Crippen molar-refractivity contribution in [2.24, 2.45) is 7.05 Å². The molecule has 3 aromatic rings. The Morgan fingerprint density at radius 2 is 1.87 bits per heavy atom. The molecule has 2 N–H and O–H groups in total. The zero-order valence-electron chi connectivity index (χ0n) is 16.3. The standard InChI is InChI=1S/C21H19ClN4O4/c1-26-18(7-8-24-26)20(28)23-12-13-9-14(21(29)30-2)11-15(10-13)25-19(27)16-5-3-4-6-17(16)22/h3-11H,12H2,1-2H3,(H,23,28)(H,25,27). The molecule has 0 spiro atoms. The molecule has 3 rings (SSSR count). The monoisotopic (exact) mass is 426 g/mol. The number of amides is 2. The SMILES string of the molecule is COC(=O)c1cc(CNC(=O)c2ccnn2C)cc(NC(=O)c2ccccc2Cl)c1. The molecular weight excluding hydrogens is 408 g/mol. The summed E-state index contributed by atoms with van der Waals surface area (Å²) in [6.07, 6.45) is 1.52. The summed E-state index contributed by atoms with van der Waals surface area (Å²) in [6, 6.07) is 13.0. The van der Waals surface area contributed by atoms with E-state index in [2.05, 4.69) is 15.7 Å². The molecule has 154 valence electrons. The van der Waals surface area contributed by atoms with E-state index in [1.54, 1.807) is 49.5 Å². The second-order valence-corrected chi connectivity index (χ2v) is 6.77. The van der Waals surface area contributed by atoms with Gasteiger partial charge in [-0.15, -0.1) is 0 Å². The molecule has 0 saturated heterocycles. The van der Waals surface area contributed by atoms with Gasteiger partial charge in [0, 0.05) is 25.5 Å². The van der Waals surface area contributed by atoms with Crippen molar-refractivity contribution in [2.75, 3.05) is 12.4 Å². The fourth-order valence-corrected chi connectivity index (χ4v) is 3.04. The van der Waals surface area contributed by atoms with Gasteiger partial charge in [0.1, 0.15) is 5.69 Å². The lowest BCUT2D eigenvalue weighted by atomic mass is 10.1. The van der Waals surface area contributed by atoms with Crippen LogP contribution in [0.2, 0.25) is 5.02 Å². The van der Waals surface area contributed by atoms with Crippen LogP contribution in [-0.2, 0) is 18.3 Å². The molecule has 0 aliphatic heterocycles. The molecule has 0 unspecified atom stereocenters. The van der Waals surface area contributed by atoms with Gasteiger partial charge in [-0.1, -0.05) is 23.7 Å². The fourth-order valence-electron chi connectivity index (χ4n) is 2.82. The molecule has 2 amide bonds. The number of nitrogens with zero attached hydrogens (tertiary/aromatic N) is 2. The molecule has 0 aliphatic rings. The molecule has 8 nitrogen and oxygen atoms in total. The number of carbonyl (C=O) groups excluding carboxylic acids is 3. The number of nitrogens with one attached hydrogen (secondary N) is 2. The Morgan fingerprint density at radius 3 is 2.53 bits per heavy atom. The molecule has 0 saturated carbocycles. The number of aryl methyl sites for hydroxylation is 1. The van der Waals surface area contributed by atoms with Gasteiger partial charge >= 0.3 is 5.97 Å². The number of benzene rings is 2. The second-order valence-electron chi connectivity index (χ2n) is 6.37. The quantitative estimate of drug-likeness (QED) is 0.590. The summed E-state index contributed by atoms with van der Waals surface area (Å²) in [6.45, 7) is 0.129. The average molecular weight is 427 g/mol. The number of halogens is 1. The van der Waals surface area contributed by atoms with Crippen molar-refractivity contribution >= 4 is 35.1 Å². The Bertz CT molecular complexity index is 1110. The van der Waals surface area contributed by atoms with Crippen LogP contribution < -0.4 is 10.6 Å². The summed E-state index contributed by atoms with van der Waals surface area (Å²) in [5, 5.41) is 9.76. The summed E-state index contributed by atoms with van der Waals surface area (Å²) in [5.41, 5.74) is 1.90. The molecule has 0 atom stereocenters. The van der Waals surface area contributed by atoms with E-state index in [9.17, 15) is 14.4 Å². The summed E-state index contributed by atoms with van der Waals surface area (Å²) >= 11 is 6.08. The fraction of sp³-hybridized carbons (Fsp3) is 0.143. The van der Waals surface area contributed by atoms with Crippen LogP contribution in [0.3, 0.4) is 0 Å². The maximum Gasteiger partial charge on any atom is 0.337 e. The van der Waals surface area contributed by atoms with Gasteiger partial charge in [0.05, 0.1) is 23.3 Å². The maximum absolute atomic E-state index is 12.6. The molecule has 2 aromatic carbocycles. The number of anilines is 1. The Labute approximate surface area is 177 Å². The third-order valence-corrected chi connectivity index (χ3v) is 4.63. The van der Waals surface area contributed by atoms with Gasteiger partial charge in [0.15, 0.2) is 0 Å². The van der Waals surface area contributed by atoms with Gasteiger partial charge in [-0.3, -0.25) is 14.3 Å². The Kier molecular flexibility index (Phi) is 6.48. The van der Waals surface area contributed by atoms with Gasteiger partial charge < -0.3 is 15.4 Å². The molecule has 0 aliphatic carbocycles. The molecule has 1 aromatic heterocycles. The predicted molar refractivity (Wildman–Crippen MR) is 112 cm³/mol. The number of esters is 1. The highest BCUT2D eigenvalue weighted by molar-refractivity contribution is 6.34. The topological polar surface area (TPSA) is 102 Å². The molecule has 9 heteroatoms. The number of hydrogen-bond acceptors (Lipinski definition) is 5. The van der Waals surface area contributed by atoms with Crippen LogP contribution in [0.25, 0.3) is 0 Å². The van der Waals surface area contributed by atoms with Gasteiger partial charge in [-0.2, -0.15) is 5.10 Å². The third kappa shape index (κ3) is 4.84. The summed E-state index contributed by atoms with van der Waals surface area (Å²) in [7, 11) is 2.93. The van der Waals surface area contributed by atoms with Crippen LogP contribution in [0.4, 0.5) is 5.69 Å². The average Bonchev–Trinajstić information content (AvgIpc) is 3.17. The molecular formula is C21H19ClN4O4. The van der Waals surface area contributed by atoms with Crippen molar-refractivity contribution in [1.82, 2.24) is 15.1 Å². The summed E-state index contributed by atoms with van der Waals surface area (Å²) in [4.78, 5) is 36.9. The van der Waals surface area contributed by atoms with Gasteiger partial charge in [-0.05, 0) is 42.0 Å². The number of hydrogen-bond donors (Lipinski definition) is 2. The number of ether oxygens (including phenoxy) is 1. The maximum atomic E-state index is 12.6. The molecule has 1 heterocycles. The highest BCUT2D eigenvalue weighted by Crippen LogP contribution is 2.20. The first-order valence-electron chi connectivity index (χ1n) is 8.93. The van der Waals surface area contributed by atoms with E-state index < -0.39 is 11.9 Å². The molecule has 30 heavy (non-hydrogen) atoms. The van der Waals surface area contributed by atoms with Crippen LogP contribution in [0.5, 0.6) is 0 Å². The largest absolute Gasteiger partial charge is 0.465 e. The van der Waals surface area contributed by atoms with E-state index in [-0.39, 0.29) is 18.0 Å². The first-order chi connectivity index (χ1) is 14.4. The van der Waals surface area contributed by atoms with Crippen LogP contribution in [0.1, 0.15) is 36.8 Å². The highest BCUT2D eigenvalue weighted by atomic mass is 35.5. The van der Waals surface area contributed by atoms with Crippen LogP contribution in [0, 0.1) is 0 Å². The number of rotatable bonds is 6. The smallest absolute Gasteiger partial charge is 0.337 e. The van der Waals surface area contributed by atoms with Crippen LogP contribution >= 0.6 is 11.6 Å². The highest BCUT2D eigenvalue weighted by Gasteiger charge is 2.15. The minimum Gasteiger partial charge on any atom is -0.465 e. The first-order valence-corrected chi connectivity index (χ1v) is 9.31. The van der Waals surface area contributed by atoms with Crippen molar-refractivity contribution in [3.63, 3.8) is 0 Å². The Balaban J connectivity index is 1.82. The van der Waals surface area contributed by atoms with Crippen LogP contribution in [-0.4, -0.2) is 34.7 Å². The van der Waals surface area contributed by atoms with Gasteiger partial charge in [0.2, 0.25) is 0 Å². The van der Waals surface area contributed by atoms with E-state index in [1.807, 2.05) is 0 Å². The first kappa shape index (κ1) is 21.1. The summed E-state index contributed by atoms with van der Waals surface area (Å²) in [5.74, 6) is -1.31. The van der Waals surface area contributed by atoms with Crippen molar-refractivity contribution in [2.45, 2.75) is 6.54 Å². The van der Waals surface area contributed by atoms with E-state index in [4.69, 9.17) is 16.3 Å². The zero-order valence-corrected chi connectivity index (χ0v) is 17.1. The van der Waals surface area contributed by atoms with Gasteiger partial charge in [0.25, 0.3) is 11.8 Å². The minimum atomic E-state index is -0.567. The van der Waals surface area contributed by atoms with E-state index in [0.717, 1.165) is 0 Å². The molecule has 0 fully saturated rings. The lowest BCUT2D eigenvalue weighted by molar-refractivity contribution is 0.0600. The lowest BCUT2D eigenvalue weighted by Gasteiger charge is -2.12. The van der Waals surface area contributed by atoms with E-state index in [0.29, 0.717) is 27.5 Å². The minimum absolute atomic E-state index is 0.129. The molecule has 0 radical (unpaired) electrons. The van der Waals surface area contributed by atoms with Crippen molar-refractivity contribution < 1.29 is 19.1 Å². The number of aromatic nitrogens is 2. The molecule has 0 bridgehead atoms. The second kappa shape index (κ2) is 9.23. The van der Waals surface area contributed by atoms with E-state index >= 15 is 0 Å². The normalized spacial score (nSPS) is 10.4. The number of carbonyl (C=O) groups is 3. The van der Waals surface area contributed by atoms with Crippen LogP contribution in [0.15, 0.2) is 54.7 Å². The van der Waals surface area contributed by atoms with Gasteiger partial charge in [-0.25, -0.2) is 4.79 Å².